The lowest BCUT2D eigenvalue weighted by molar-refractivity contribution is -0.123. The quantitative estimate of drug-likeness (QED) is 0.941. The van der Waals surface area contributed by atoms with E-state index in [1.807, 2.05) is 19.1 Å². The van der Waals surface area contributed by atoms with Crippen molar-refractivity contribution in [2.24, 2.45) is 0 Å². The Balaban J connectivity index is 1.76. The van der Waals surface area contributed by atoms with E-state index in [0.29, 0.717) is 22.1 Å². The Morgan fingerprint density at radius 3 is 2.91 bits per heavy atom. The average Bonchev–Trinajstić information content (AvgIpc) is 2.54. The molecule has 6 heteroatoms. The Morgan fingerprint density at radius 1 is 1.30 bits per heavy atom. The molecule has 0 radical (unpaired) electrons. The van der Waals surface area contributed by atoms with Crippen molar-refractivity contribution in [3.63, 3.8) is 0 Å². The summed E-state index contributed by atoms with van der Waals surface area (Å²) in [5, 5.41) is 3.18. The zero-order chi connectivity index (χ0) is 16.4. The lowest BCUT2D eigenvalue weighted by atomic mass is 10.2. The van der Waals surface area contributed by atoms with Crippen LogP contribution >= 0.6 is 11.6 Å². The Hall–Kier alpha value is -2.53. The molecule has 0 aromatic heterocycles. The molecule has 0 aliphatic carbocycles. The third-order valence-corrected chi connectivity index (χ3v) is 3.82. The van der Waals surface area contributed by atoms with Crippen LogP contribution in [0.3, 0.4) is 0 Å². The number of halogens is 1. The van der Waals surface area contributed by atoms with E-state index in [-0.39, 0.29) is 25.0 Å². The van der Waals surface area contributed by atoms with E-state index < -0.39 is 0 Å². The number of hydrogen-bond donors (Lipinski definition) is 1. The topological polar surface area (TPSA) is 58.6 Å². The maximum atomic E-state index is 12.5. The number of para-hydroxylation sites is 2. The van der Waals surface area contributed by atoms with Crippen LogP contribution in [0.5, 0.6) is 5.75 Å². The molecule has 1 heterocycles. The molecule has 118 valence electrons. The van der Waals surface area contributed by atoms with Gasteiger partial charge in [0.25, 0.3) is 5.91 Å². The number of nitrogens with zero attached hydrogens (tertiary/aromatic N) is 1. The van der Waals surface area contributed by atoms with Crippen molar-refractivity contribution in [3.8, 4) is 5.75 Å². The number of benzene rings is 2. The number of carbonyl (C=O) groups excluding carboxylic acids is 2. The van der Waals surface area contributed by atoms with E-state index in [1.165, 1.54) is 4.90 Å². The minimum atomic E-state index is -0.301. The predicted octanol–water partition coefficient (Wildman–Crippen LogP) is 3.01. The monoisotopic (exact) mass is 330 g/mol. The zero-order valence-corrected chi connectivity index (χ0v) is 13.3. The van der Waals surface area contributed by atoms with Crippen LogP contribution in [-0.2, 0) is 9.59 Å². The van der Waals surface area contributed by atoms with Crippen molar-refractivity contribution in [2.75, 3.05) is 23.4 Å². The van der Waals surface area contributed by atoms with Gasteiger partial charge in [0, 0.05) is 0 Å². The normalized spacial score (nSPS) is 13.3. The lowest BCUT2D eigenvalue weighted by Crippen LogP contribution is -2.44. The molecule has 1 aliphatic heterocycles. The molecular formula is C17H15ClN2O3. The fourth-order valence-electron chi connectivity index (χ4n) is 2.39. The van der Waals surface area contributed by atoms with Crippen molar-refractivity contribution < 1.29 is 14.3 Å². The molecule has 5 nitrogen and oxygen atoms in total. The highest BCUT2D eigenvalue weighted by atomic mass is 35.5. The van der Waals surface area contributed by atoms with E-state index in [0.717, 1.165) is 5.56 Å². The third-order valence-electron chi connectivity index (χ3n) is 3.51. The fourth-order valence-corrected chi connectivity index (χ4v) is 2.57. The van der Waals surface area contributed by atoms with Gasteiger partial charge in [-0.1, -0.05) is 29.8 Å². The Bertz CT molecular complexity index is 776. The smallest absolute Gasteiger partial charge is 0.265 e. The number of nitrogens with one attached hydrogen (secondary N) is 1. The Labute approximate surface area is 138 Å². The van der Waals surface area contributed by atoms with E-state index in [9.17, 15) is 9.59 Å². The molecule has 1 N–H and O–H groups in total. The van der Waals surface area contributed by atoms with Gasteiger partial charge in [0.1, 0.15) is 12.3 Å². The van der Waals surface area contributed by atoms with E-state index in [4.69, 9.17) is 16.3 Å². The summed E-state index contributed by atoms with van der Waals surface area (Å²) in [6.07, 6.45) is 0. The summed E-state index contributed by atoms with van der Waals surface area (Å²) in [7, 11) is 0. The summed E-state index contributed by atoms with van der Waals surface area (Å²) < 4.78 is 5.53. The van der Waals surface area contributed by atoms with Gasteiger partial charge in [0.15, 0.2) is 6.61 Å². The highest BCUT2D eigenvalue weighted by Crippen LogP contribution is 2.29. The van der Waals surface area contributed by atoms with Gasteiger partial charge in [-0.2, -0.15) is 0 Å². The molecule has 2 aromatic rings. The molecule has 0 spiro atoms. The Kier molecular flexibility index (Phi) is 4.21. The average molecular weight is 331 g/mol. The first-order valence-corrected chi connectivity index (χ1v) is 7.50. The molecule has 23 heavy (non-hydrogen) atoms. The first-order chi connectivity index (χ1) is 11.0. The highest BCUT2D eigenvalue weighted by molar-refractivity contribution is 6.32. The second-order valence-electron chi connectivity index (χ2n) is 5.27. The molecule has 2 amide bonds. The van der Waals surface area contributed by atoms with Gasteiger partial charge >= 0.3 is 0 Å². The van der Waals surface area contributed by atoms with Gasteiger partial charge < -0.3 is 10.1 Å². The van der Waals surface area contributed by atoms with Gasteiger partial charge in [0.2, 0.25) is 5.91 Å². The second-order valence-corrected chi connectivity index (χ2v) is 5.67. The molecule has 0 bridgehead atoms. The number of ether oxygens (including phenoxy) is 1. The summed E-state index contributed by atoms with van der Waals surface area (Å²) >= 11 is 6.06. The second kappa shape index (κ2) is 6.30. The van der Waals surface area contributed by atoms with Gasteiger partial charge in [-0.25, -0.2) is 0 Å². The van der Waals surface area contributed by atoms with Gasteiger partial charge in [-0.15, -0.1) is 0 Å². The van der Waals surface area contributed by atoms with Crippen LogP contribution in [0.1, 0.15) is 5.56 Å². The first kappa shape index (κ1) is 15.4. The van der Waals surface area contributed by atoms with Gasteiger partial charge in [-0.3, -0.25) is 14.5 Å². The fraction of sp³-hybridized carbons (Fsp3) is 0.176. The van der Waals surface area contributed by atoms with Gasteiger partial charge in [-0.05, 0) is 36.8 Å². The van der Waals surface area contributed by atoms with Crippen LogP contribution in [0.25, 0.3) is 0 Å². The van der Waals surface area contributed by atoms with Crippen molar-refractivity contribution in [3.05, 3.63) is 53.1 Å². The first-order valence-electron chi connectivity index (χ1n) is 7.13. The molecule has 1 aliphatic rings. The van der Waals surface area contributed by atoms with Crippen LogP contribution in [-0.4, -0.2) is 25.0 Å². The van der Waals surface area contributed by atoms with Crippen molar-refractivity contribution in [1.82, 2.24) is 0 Å². The summed E-state index contributed by atoms with van der Waals surface area (Å²) in [4.78, 5) is 25.6. The molecule has 0 unspecified atom stereocenters. The highest BCUT2D eigenvalue weighted by Gasteiger charge is 2.26. The molecule has 0 fully saturated rings. The number of aryl methyl sites for hydroxylation is 1. The largest absolute Gasteiger partial charge is 0.482 e. The van der Waals surface area contributed by atoms with Crippen LogP contribution in [0.2, 0.25) is 5.02 Å². The van der Waals surface area contributed by atoms with Crippen LogP contribution in [0, 0.1) is 6.92 Å². The number of carbonyl (C=O) groups is 2. The summed E-state index contributed by atoms with van der Waals surface area (Å²) in [6.45, 7) is 1.70. The zero-order valence-electron chi connectivity index (χ0n) is 12.5. The maximum Gasteiger partial charge on any atom is 0.265 e. The van der Waals surface area contributed by atoms with E-state index in [2.05, 4.69) is 5.32 Å². The number of hydrogen-bond acceptors (Lipinski definition) is 3. The van der Waals surface area contributed by atoms with E-state index in [1.54, 1.807) is 30.3 Å². The predicted molar refractivity (Wildman–Crippen MR) is 89.1 cm³/mol. The van der Waals surface area contributed by atoms with Crippen molar-refractivity contribution >= 4 is 34.8 Å². The minimum Gasteiger partial charge on any atom is -0.482 e. The number of fused-ring (bicyclic) bond motifs is 1. The van der Waals surface area contributed by atoms with Crippen molar-refractivity contribution in [2.45, 2.75) is 6.92 Å². The lowest BCUT2D eigenvalue weighted by Gasteiger charge is -2.29. The molecular weight excluding hydrogens is 316 g/mol. The standard InChI is InChI=1S/C17H15ClN2O3/c1-11-6-7-12(18)15(8-11)23-10-17(22)20-9-16(21)19-13-4-2-3-5-14(13)20/h2-8H,9-10H2,1H3,(H,19,21). The van der Waals surface area contributed by atoms with Crippen molar-refractivity contribution in [1.29, 1.82) is 0 Å². The number of anilines is 2. The minimum absolute atomic E-state index is 0.0270. The molecule has 3 rings (SSSR count). The van der Waals surface area contributed by atoms with Crippen LogP contribution in [0.4, 0.5) is 11.4 Å². The molecule has 0 saturated heterocycles. The summed E-state index contributed by atoms with van der Waals surface area (Å²) in [6, 6.07) is 12.5. The Morgan fingerprint density at radius 2 is 2.09 bits per heavy atom. The maximum absolute atomic E-state index is 12.5. The van der Waals surface area contributed by atoms with Crippen LogP contribution in [0.15, 0.2) is 42.5 Å². The molecule has 2 aromatic carbocycles. The number of amides is 2. The SMILES string of the molecule is Cc1ccc(Cl)c(OCC(=O)N2CC(=O)Nc3ccccc32)c1. The van der Waals surface area contributed by atoms with E-state index >= 15 is 0 Å². The van der Waals surface area contributed by atoms with Gasteiger partial charge in [0.05, 0.1) is 16.4 Å². The third kappa shape index (κ3) is 3.29. The number of rotatable bonds is 3. The summed E-state index contributed by atoms with van der Waals surface area (Å²) in [5.74, 6) is -0.0785. The molecule has 0 saturated carbocycles. The van der Waals surface area contributed by atoms with Crippen LogP contribution < -0.4 is 15.0 Å². The molecule has 0 atom stereocenters. The summed E-state index contributed by atoms with van der Waals surface area (Å²) in [5.41, 5.74) is 2.27.